The smallest absolute Gasteiger partial charge is 0.297 e. The molecule has 1 aromatic heterocycles. The van der Waals surface area contributed by atoms with Gasteiger partial charge in [0, 0.05) is 9.50 Å². The van der Waals surface area contributed by atoms with Gasteiger partial charge in [0.15, 0.2) is 0 Å². The fourth-order valence-corrected chi connectivity index (χ4v) is 2.23. The van der Waals surface area contributed by atoms with Crippen LogP contribution >= 0.6 is 39.1 Å². The molecule has 0 aliphatic carbocycles. The van der Waals surface area contributed by atoms with E-state index >= 15 is 0 Å². The van der Waals surface area contributed by atoms with Crippen LogP contribution in [-0.2, 0) is 0 Å². The zero-order valence-electron chi connectivity index (χ0n) is 9.13. The second-order valence-electron chi connectivity index (χ2n) is 3.61. The average Bonchev–Trinajstić information content (AvgIpc) is 2.31. The van der Waals surface area contributed by atoms with Gasteiger partial charge in [0.05, 0.1) is 11.3 Å². The molecule has 0 radical (unpaired) electrons. The summed E-state index contributed by atoms with van der Waals surface area (Å²) in [6.07, 6.45) is 0. The van der Waals surface area contributed by atoms with Crippen molar-refractivity contribution in [1.82, 2.24) is 9.55 Å². The van der Waals surface area contributed by atoms with Gasteiger partial charge in [0.25, 0.3) is 5.56 Å². The molecule has 4 nitrogen and oxygen atoms in total. The van der Waals surface area contributed by atoms with E-state index < -0.39 is 11.2 Å². The summed E-state index contributed by atoms with van der Waals surface area (Å²) in [5.74, 6) is 0. The van der Waals surface area contributed by atoms with E-state index in [0.717, 1.165) is 4.57 Å². The van der Waals surface area contributed by atoms with Crippen LogP contribution in [0.2, 0.25) is 10.2 Å². The molecular weight excluding hydrogens is 343 g/mol. The zero-order chi connectivity index (χ0) is 13.4. The van der Waals surface area contributed by atoms with Gasteiger partial charge < -0.3 is 0 Å². The van der Waals surface area contributed by atoms with Crippen molar-refractivity contribution in [3.8, 4) is 5.69 Å². The molecule has 0 bridgehead atoms. The molecule has 0 atom stereocenters. The molecule has 0 saturated carbocycles. The fraction of sp³-hybridized carbons (Fsp3) is 0.0909. The highest BCUT2D eigenvalue weighted by molar-refractivity contribution is 9.10. The van der Waals surface area contributed by atoms with Crippen molar-refractivity contribution in [1.29, 1.82) is 0 Å². The molecule has 0 aliphatic rings. The third kappa shape index (κ3) is 2.25. The standard InChI is InChI=1S/C11H7BrCl2N2O2/c1-5-9(14)15-11(18)16(10(5)17)8-4-6(13)2-3-7(8)12/h2-4H,1H3,(H,15,18). The van der Waals surface area contributed by atoms with Crippen molar-refractivity contribution in [3.05, 3.63) is 59.2 Å². The summed E-state index contributed by atoms with van der Waals surface area (Å²) < 4.78 is 1.57. The third-order valence-corrected chi connectivity index (χ3v) is 3.71. The lowest BCUT2D eigenvalue weighted by molar-refractivity contribution is 0.857. The summed E-state index contributed by atoms with van der Waals surface area (Å²) in [4.78, 5) is 26.3. The van der Waals surface area contributed by atoms with Gasteiger partial charge in [-0.2, -0.15) is 0 Å². The lowest BCUT2D eigenvalue weighted by Crippen LogP contribution is -2.35. The Morgan fingerprint density at radius 2 is 1.94 bits per heavy atom. The Hall–Kier alpha value is -1.04. The number of H-pyrrole nitrogens is 1. The summed E-state index contributed by atoms with van der Waals surface area (Å²) in [7, 11) is 0. The summed E-state index contributed by atoms with van der Waals surface area (Å²) in [6.45, 7) is 1.54. The predicted molar refractivity (Wildman–Crippen MR) is 75.1 cm³/mol. The quantitative estimate of drug-likeness (QED) is 0.805. The van der Waals surface area contributed by atoms with Gasteiger partial charge in [-0.25, -0.2) is 9.36 Å². The number of aromatic amines is 1. The summed E-state index contributed by atoms with van der Waals surface area (Å²) in [5.41, 5.74) is -0.457. The fourth-order valence-electron chi connectivity index (χ4n) is 1.47. The second-order valence-corrected chi connectivity index (χ2v) is 5.27. The summed E-state index contributed by atoms with van der Waals surface area (Å²) in [5, 5.41) is 0.464. The average molecular weight is 350 g/mol. The molecule has 2 rings (SSSR count). The maximum atomic E-state index is 12.1. The normalized spacial score (nSPS) is 10.7. The van der Waals surface area contributed by atoms with Gasteiger partial charge in [-0.15, -0.1) is 0 Å². The third-order valence-electron chi connectivity index (χ3n) is 2.42. The Balaban J connectivity index is 2.88. The Morgan fingerprint density at radius 1 is 1.28 bits per heavy atom. The first-order valence-electron chi connectivity index (χ1n) is 4.88. The van der Waals surface area contributed by atoms with Crippen molar-refractivity contribution in [2.45, 2.75) is 6.92 Å². The van der Waals surface area contributed by atoms with Crippen molar-refractivity contribution in [3.63, 3.8) is 0 Å². The SMILES string of the molecule is Cc1c(Cl)[nH]c(=O)n(-c2cc(Cl)ccc2Br)c1=O. The van der Waals surface area contributed by atoms with Crippen LogP contribution in [0, 0.1) is 6.92 Å². The van der Waals surface area contributed by atoms with E-state index in [1.165, 1.54) is 13.0 Å². The molecule has 0 unspecified atom stereocenters. The van der Waals surface area contributed by atoms with Gasteiger partial charge in [0.1, 0.15) is 5.15 Å². The van der Waals surface area contributed by atoms with Crippen molar-refractivity contribution < 1.29 is 0 Å². The van der Waals surface area contributed by atoms with Crippen LogP contribution in [0.4, 0.5) is 0 Å². The van der Waals surface area contributed by atoms with Crippen LogP contribution in [0.1, 0.15) is 5.56 Å². The first-order valence-corrected chi connectivity index (χ1v) is 6.43. The number of nitrogens with zero attached hydrogens (tertiary/aromatic N) is 1. The minimum atomic E-state index is -0.612. The van der Waals surface area contributed by atoms with E-state index in [-0.39, 0.29) is 10.7 Å². The lowest BCUT2D eigenvalue weighted by Gasteiger charge is -2.09. The molecule has 1 aromatic carbocycles. The minimum absolute atomic E-state index is 0.0411. The zero-order valence-corrected chi connectivity index (χ0v) is 12.2. The summed E-state index contributed by atoms with van der Waals surface area (Å²) in [6, 6.07) is 4.83. The van der Waals surface area contributed by atoms with E-state index in [0.29, 0.717) is 15.2 Å². The largest absolute Gasteiger partial charge is 0.334 e. The molecule has 0 saturated heterocycles. The number of hydrogen-bond acceptors (Lipinski definition) is 2. The lowest BCUT2D eigenvalue weighted by atomic mass is 10.3. The van der Waals surface area contributed by atoms with Crippen LogP contribution in [0.3, 0.4) is 0 Å². The topological polar surface area (TPSA) is 54.9 Å². The van der Waals surface area contributed by atoms with E-state index in [4.69, 9.17) is 23.2 Å². The minimum Gasteiger partial charge on any atom is -0.297 e. The maximum absolute atomic E-state index is 12.1. The molecule has 0 aliphatic heterocycles. The molecule has 18 heavy (non-hydrogen) atoms. The van der Waals surface area contributed by atoms with Crippen LogP contribution in [0.15, 0.2) is 32.3 Å². The Bertz CT molecular complexity index is 737. The van der Waals surface area contributed by atoms with Crippen LogP contribution < -0.4 is 11.2 Å². The van der Waals surface area contributed by atoms with Gasteiger partial charge in [0.2, 0.25) is 0 Å². The number of halogens is 3. The molecule has 2 aromatic rings. The highest BCUT2D eigenvalue weighted by Gasteiger charge is 2.13. The van der Waals surface area contributed by atoms with E-state index in [9.17, 15) is 9.59 Å². The molecule has 94 valence electrons. The van der Waals surface area contributed by atoms with E-state index in [1.54, 1.807) is 12.1 Å². The second kappa shape index (κ2) is 4.91. The van der Waals surface area contributed by atoms with Crippen molar-refractivity contribution >= 4 is 39.1 Å². The van der Waals surface area contributed by atoms with Gasteiger partial charge in [-0.1, -0.05) is 23.2 Å². The molecule has 0 fully saturated rings. The monoisotopic (exact) mass is 348 g/mol. The number of benzene rings is 1. The number of aromatic nitrogens is 2. The van der Waals surface area contributed by atoms with Gasteiger partial charge in [-0.3, -0.25) is 9.78 Å². The number of nitrogens with one attached hydrogen (secondary N) is 1. The molecule has 0 spiro atoms. The highest BCUT2D eigenvalue weighted by atomic mass is 79.9. The molecular formula is C11H7BrCl2N2O2. The maximum Gasteiger partial charge on any atom is 0.334 e. The molecule has 1 N–H and O–H groups in total. The van der Waals surface area contributed by atoms with Gasteiger partial charge in [-0.05, 0) is 41.1 Å². The van der Waals surface area contributed by atoms with E-state index in [2.05, 4.69) is 20.9 Å². The predicted octanol–water partition coefficient (Wildman–Crippen LogP) is 2.90. The van der Waals surface area contributed by atoms with E-state index in [1.807, 2.05) is 0 Å². The number of rotatable bonds is 1. The Labute approximate surface area is 120 Å². The van der Waals surface area contributed by atoms with Crippen LogP contribution in [-0.4, -0.2) is 9.55 Å². The number of hydrogen-bond donors (Lipinski definition) is 1. The molecule has 0 amide bonds. The Kier molecular flexibility index (Phi) is 3.66. The first kappa shape index (κ1) is 13.4. The first-order chi connectivity index (χ1) is 8.41. The van der Waals surface area contributed by atoms with Crippen molar-refractivity contribution in [2.24, 2.45) is 0 Å². The summed E-state index contributed by atoms with van der Waals surface area (Å²) >= 11 is 14.9. The molecule has 7 heteroatoms. The van der Waals surface area contributed by atoms with Gasteiger partial charge >= 0.3 is 5.69 Å². The molecule has 1 heterocycles. The Morgan fingerprint density at radius 3 is 2.61 bits per heavy atom. The highest BCUT2D eigenvalue weighted by Crippen LogP contribution is 2.23. The van der Waals surface area contributed by atoms with Crippen LogP contribution in [0.5, 0.6) is 0 Å². The van der Waals surface area contributed by atoms with Crippen LogP contribution in [0.25, 0.3) is 5.69 Å². The van der Waals surface area contributed by atoms with Crippen molar-refractivity contribution in [2.75, 3.05) is 0 Å².